The third-order valence-corrected chi connectivity index (χ3v) is 2.15. The zero-order valence-corrected chi connectivity index (χ0v) is 6.84. The molecule has 2 N–H and O–H groups in total. The van der Waals surface area contributed by atoms with Gasteiger partial charge in [0.2, 0.25) is 5.91 Å². The smallest absolute Gasteiger partial charge is 0.220 e. The molecule has 11 heavy (non-hydrogen) atoms. The van der Waals surface area contributed by atoms with Gasteiger partial charge in [0.15, 0.2) is 0 Å². The number of carbonyl (C=O) groups excluding carboxylic acids is 1. The van der Waals surface area contributed by atoms with E-state index in [0.29, 0.717) is 6.42 Å². The van der Waals surface area contributed by atoms with Gasteiger partial charge in [-0.15, -0.1) is 0 Å². The van der Waals surface area contributed by atoms with Crippen molar-refractivity contribution in [1.82, 2.24) is 5.32 Å². The van der Waals surface area contributed by atoms with Gasteiger partial charge < -0.3 is 10.4 Å². The van der Waals surface area contributed by atoms with E-state index in [0.717, 1.165) is 19.3 Å². The van der Waals surface area contributed by atoms with E-state index in [4.69, 9.17) is 0 Å². The summed E-state index contributed by atoms with van der Waals surface area (Å²) in [5, 5.41) is 12.1. The Kier molecular flexibility index (Phi) is 2.88. The number of amides is 1. The molecule has 1 aliphatic carbocycles. The summed E-state index contributed by atoms with van der Waals surface area (Å²) in [5.74, 6) is 0.0379. The van der Waals surface area contributed by atoms with Crippen molar-refractivity contribution in [3.63, 3.8) is 0 Å². The summed E-state index contributed by atoms with van der Waals surface area (Å²) in [4.78, 5) is 10.9. The highest BCUT2D eigenvalue weighted by Crippen LogP contribution is 2.18. The minimum Gasteiger partial charge on any atom is -0.391 e. The average molecular weight is 157 g/mol. The van der Waals surface area contributed by atoms with Crippen LogP contribution in [0.1, 0.15) is 32.6 Å². The quantitative estimate of drug-likeness (QED) is 0.610. The molecule has 0 aromatic rings. The van der Waals surface area contributed by atoms with Gasteiger partial charge in [-0.1, -0.05) is 6.92 Å². The number of hydrogen-bond acceptors (Lipinski definition) is 2. The number of aliphatic hydroxyl groups excluding tert-OH is 1. The maximum atomic E-state index is 10.9. The molecule has 1 fully saturated rings. The Morgan fingerprint density at radius 2 is 2.36 bits per heavy atom. The Morgan fingerprint density at radius 1 is 1.64 bits per heavy atom. The molecule has 0 aliphatic heterocycles. The standard InChI is InChI=1S/C8H15NO2/c1-2-8(11)9-6-4-3-5-7(6)10/h6-7,10H,2-5H2,1H3,(H,9,11)/t6-,7+/m0/s1. The summed E-state index contributed by atoms with van der Waals surface area (Å²) < 4.78 is 0. The Labute approximate surface area is 66.8 Å². The lowest BCUT2D eigenvalue weighted by Crippen LogP contribution is -2.39. The first-order valence-electron chi connectivity index (χ1n) is 4.21. The first kappa shape index (κ1) is 8.53. The van der Waals surface area contributed by atoms with E-state index in [1.54, 1.807) is 0 Å². The molecule has 1 rings (SSSR count). The zero-order chi connectivity index (χ0) is 8.27. The lowest BCUT2D eigenvalue weighted by Gasteiger charge is -2.15. The van der Waals surface area contributed by atoms with Crippen LogP contribution in [0.15, 0.2) is 0 Å². The van der Waals surface area contributed by atoms with E-state index in [9.17, 15) is 9.90 Å². The second kappa shape index (κ2) is 3.72. The molecule has 1 aliphatic rings. The van der Waals surface area contributed by atoms with Crippen LogP contribution in [0.3, 0.4) is 0 Å². The highest BCUT2D eigenvalue weighted by molar-refractivity contribution is 5.75. The Morgan fingerprint density at radius 3 is 2.82 bits per heavy atom. The van der Waals surface area contributed by atoms with Gasteiger partial charge in [-0.25, -0.2) is 0 Å². The van der Waals surface area contributed by atoms with Gasteiger partial charge in [0, 0.05) is 6.42 Å². The van der Waals surface area contributed by atoms with Crippen LogP contribution < -0.4 is 5.32 Å². The van der Waals surface area contributed by atoms with E-state index < -0.39 is 0 Å². The van der Waals surface area contributed by atoms with Crippen molar-refractivity contribution < 1.29 is 9.90 Å². The summed E-state index contributed by atoms with van der Waals surface area (Å²) in [6, 6.07) is 0.0162. The fourth-order valence-corrected chi connectivity index (χ4v) is 1.42. The van der Waals surface area contributed by atoms with E-state index in [1.807, 2.05) is 6.92 Å². The number of carbonyl (C=O) groups is 1. The molecule has 1 amide bonds. The lowest BCUT2D eigenvalue weighted by atomic mass is 10.2. The summed E-state index contributed by atoms with van der Waals surface area (Å²) in [7, 11) is 0. The third kappa shape index (κ3) is 2.19. The van der Waals surface area contributed by atoms with Crippen molar-refractivity contribution in [2.24, 2.45) is 0 Å². The highest BCUT2D eigenvalue weighted by Gasteiger charge is 2.25. The third-order valence-electron chi connectivity index (χ3n) is 2.15. The largest absolute Gasteiger partial charge is 0.391 e. The molecule has 2 atom stereocenters. The van der Waals surface area contributed by atoms with E-state index in [2.05, 4.69) is 5.32 Å². The predicted molar refractivity (Wildman–Crippen MR) is 42.1 cm³/mol. The molecule has 0 heterocycles. The Hall–Kier alpha value is -0.570. The molecule has 0 bridgehead atoms. The van der Waals surface area contributed by atoms with Crippen molar-refractivity contribution in [2.75, 3.05) is 0 Å². The van der Waals surface area contributed by atoms with Crippen LogP contribution in [0.2, 0.25) is 0 Å². The van der Waals surface area contributed by atoms with Gasteiger partial charge in [0.1, 0.15) is 0 Å². The monoisotopic (exact) mass is 157 g/mol. The normalized spacial score (nSPS) is 30.4. The van der Waals surface area contributed by atoms with Gasteiger partial charge in [0.25, 0.3) is 0 Å². The van der Waals surface area contributed by atoms with Crippen LogP contribution in [0, 0.1) is 0 Å². The van der Waals surface area contributed by atoms with Crippen molar-refractivity contribution in [2.45, 2.75) is 44.8 Å². The topological polar surface area (TPSA) is 49.3 Å². The SMILES string of the molecule is CCC(=O)N[C@H]1CCC[C@H]1O. The second-order valence-corrected chi connectivity index (χ2v) is 3.03. The van der Waals surface area contributed by atoms with E-state index in [1.165, 1.54) is 0 Å². The molecule has 0 spiro atoms. The number of hydrogen-bond donors (Lipinski definition) is 2. The minimum absolute atomic E-state index is 0.0162. The van der Waals surface area contributed by atoms with Gasteiger partial charge in [0.05, 0.1) is 12.1 Å². The molecule has 0 aromatic heterocycles. The summed E-state index contributed by atoms with van der Waals surface area (Å²) in [6.45, 7) is 1.82. The lowest BCUT2D eigenvalue weighted by molar-refractivity contribution is -0.122. The first-order chi connectivity index (χ1) is 5.24. The maximum absolute atomic E-state index is 10.9. The van der Waals surface area contributed by atoms with Gasteiger partial charge in [-0.3, -0.25) is 4.79 Å². The van der Waals surface area contributed by atoms with Crippen LogP contribution in [0.25, 0.3) is 0 Å². The molecule has 1 saturated carbocycles. The summed E-state index contributed by atoms with van der Waals surface area (Å²) in [5.41, 5.74) is 0. The second-order valence-electron chi connectivity index (χ2n) is 3.03. The molecular formula is C8H15NO2. The number of aliphatic hydroxyl groups is 1. The van der Waals surface area contributed by atoms with Crippen molar-refractivity contribution in [1.29, 1.82) is 0 Å². The van der Waals surface area contributed by atoms with Crippen LogP contribution in [-0.2, 0) is 4.79 Å². The van der Waals surface area contributed by atoms with Crippen molar-refractivity contribution in [3.05, 3.63) is 0 Å². The van der Waals surface area contributed by atoms with Crippen molar-refractivity contribution in [3.8, 4) is 0 Å². The maximum Gasteiger partial charge on any atom is 0.220 e. The predicted octanol–water partition coefficient (Wildman–Crippen LogP) is 0.426. The molecule has 0 unspecified atom stereocenters. The fraction of sp³-hybridized carbons (Fsp3) is 0.875. The highest BCUT2D eigenvalue weighted by atomic mass is 16.3. The zero-order valence-electron chi connectivity index (χ0n) is 6.84. The molecular weight excluding hydrogens is 142 g/mol. The number of rotatable bonds is 2. The summed E-state index contributed by atoms with van der Waals surface area (Å²) in [6.07, 6.45) is 2.96. The average Bonchev–Trinajstić information content (AvgIpc) is 2.37. The molecule has 0 radical (unpaired) electrons. The van der Waals surface area contributed by atoms with Gasteiger partial charge >= 0.3 is 0 Å². The molecule has 3 heteroatoms. The first-order valence-corrected chi connectivity index (χ1v) is 4.21. The molecule has 0 aromatic carbocycles. The molecule has 64 valence electrons. The van der Waals surface area contributed by atoms with Crippen LogP contribution >= 0.6 is 0 Å². The van der Waals surface area contributed by atoms with Crippen LogP contribution in [0.4, 0.5) is 0 Å². The van der Waals surface area contributed by atoms with Gasteiger partial charge in [-0.2, -0.15) is 0 Å². The number of nitrogens with one attached hydrogen (secondary N) is 1. The summed E-state index contributed by atoms with van der Waals surface area (Å²) >= 11 is 0. The molecule has 3 nitrogen and oxygen atoms in total. The van der Waals surface area contributed by atoms with Crippen LogP contribution in [0.5, 0.6) is 0 Å². The minimum atomic E-state index is -0.314. The Balaban J connectivity index is 2.30. The van der Waals surface area contributed by atoms with Gasteiger partial charge in [-0.05, 0) is 19.3 Å². The van der Waals surface area contributed by atoms with E-state index >= 15 is 0 Å². The molecule has 0 saturated heterocycles. The van der Waals surface area contributed by atoms with Crippen LogP contribution in [-0.4, -0.2) is 23.2 Å². The fourth-order valence-electron chi connectivity index (χ4n) is 1.42. The van der Waals surface area contributed by atoms with Crippen molar-refractivity contribution >= 4 is 5.91 Å². The van der Waals surface area contributed by atoms with E-state index in [-0.39, 0.29) is 18.1 Å². The Bertz CT molecular complexity index is 147.